The fourth-order valence-electron chi connectivity index (χ4n) is 5.25. The molecule has 1 saturated heterocycles. The second kappa shape index (κ2) is 17.7. The summed E-state index contributed by atoms with van der Waals surface area (Å²) in [4.78, 5) is 61.1. The number of hydrogen-bond donors (Lipinski definition) is 3. The molecule has 2 heterocycles. The summed E-state index contributed by atoms with van der Waals surface area (Å²) in [7, 11) is 0. The van der Waals surface area contributed by atoms with E-state index in [0.29, 0.717) is 17.7 Å². The van der Waals surface area contributed by atoms with Crippen LogP contribution in [0.5, 0.6) is 11.6 Å². The van der Waals surface area contributed by atoms with Crippen LogP contribution in [-0.4, -0.2) is 101 Å². The number of aromatic amines is 1. The molecule has 16 nitrogen and oxygen atoms in total. The Morgan fingerprint density at radius 2 is 1.46 bits per heavy atom. The molecule has 0 aliphatic carbocycles. The molecule has 2 aromatic rings. The summed E-state index contributed by atoms with van der Waals surface area (Å²) in [5.74, 6) is -2.56. The molecule has 1 aromatic heterocycles. The Balaban J connectivity index is 1.90. The van der Waals surface area contributed by atoms with E-state index in [1.807, 2.05) is 26.0 Å². The Labute approximate surface area is 303 Å². The highest BCUT2D eigenvalue weighted by molar-refractivity contribution is 5.82. The third-order valence-corrected chi connectivity index (χ3v) is 7.98. The molecule has 3 N–H and O–H groups in total. The number of amides is 1. The SMILES string of the molecule is CC(=O)OC[C@H]1O[C@@H](Oc2n[nH]c(C(C)C)c2Cc2ccc(OCC(C)(C)C(=O)NC(C)(C)CO)cc2)[C@H](OC(C)=O)[C@@H](OC(C)=O)[C@@H]1OC(C)=O. The van der Waals surface area contributed by atoms with Crippen LogP contribution in [0.1, 0.15) is 92.0 Å². The van der Waals surface area contributed by atoms with Gasteiger partial charge in [-0.05, 0) is 51.3 Å². The van der Waals surface area contributed by atoms with Gasteiger partial charge >= 0.3 is 23.9 Å². The topological polar surface area (TPSA) is 211 Å². The van der Waals surface area contributed by atoms with Gasteiger partial charge in [0.25, 0.3) is 0 Å². The zero-order valence-corrected chi connectivity index (χ0v) is 31.4. The number of aromatic nitrogens is 2. The molecular formula is C36H51N3O13. The molecule has 1 aliphatic heterocycles. The highest BCUT2D eigenvalue weighted by Crippen LogP contribution is 2.34. The lowest BCUT2D eigenvalue weighted by Crippen LogP contribution is -2.63. The maximum absolute atomic E-state index is 12.8. The van der Waals surface area contributed by atoms with Crippen LogP contribution in [0, 0.1) is 5.41 Å². The number of benzene rings is 1. The molecule has 0 saturated carbocycles. The average molecular weight is 734 g/mol. The van der Waals surface area contributed by atoms with E-state index >= 15 is 0 Å². The van der Waals surface area contributed by atoms with E-state index in [-0.39, 0.29) is 30.9 Å². The molecule has 1 amide bonds. The van der Waals surface area contributed by atoms with Crippen molar-refractivity contribution in [3.63, 3.8) is 0 Å². The molecule has 1 aromatic carbocycles. The van der Waals surface area contributed by atoms with E-state index in [1.54, 1.807) is 39.8 Å². The standard InChI is InChI=1S/C36H51N3O13/c1-19(2)28-26(15-24-11-13-25(14-12-24)47-18-35(7,8)34(45)37-36(9,10)17-40)32(39-38-28)52-33-31(50-23(6)44)30(49-22(5)43)29(48-21(4)42)27(51-33)16-46-20(3)41/h11-14,19,27,29-31,33,40H,15-18H2,1-10H3,(H,37,45)(H,38,39)/t27-,29-,30+,31-,33+/m1/s1. The van der Waals surface area contributed by atoms with Crippen molar-refractivity contribution in [2.45, 2.75) is 118 Å². The molecule has 288 valence electrons. The molecule has 0 spiro atoms. The van der Waals surface area contributed by atoms with Crippen LogP contribution in [0.4, 0.5) is 0 Å². The zero-order chi connectivity index (χ0) is 39.0. The van der Waals surface area contributed by atoms with Crippen LogP contribution in [0.25, 0.3) is 0 Å². The van der Waals surface area contributed by atoms with Crippen LogP contribution in [0.2, 0.25) is 0 Å². The predicted molar refractivity (Wildman–Crippen MR) is 183 cm³/mol. The molecule has 16 heteroatoms. The number of nitrogens with one attached hydrogen (secondary N) is 2. The number of carbonyl (C=O) groups excluding carboxylic acids is 5. The van der Waals surface area contributed by atoms with Crippen LogP contribution in [0.15, 0.2) is 24.3 Å². The van der Waals surface area contributed by atoms with Crippen molar-refractivity contribution in [1.82, 2.24) is 15.5 Å². The number of esters is 4. The monoisotopic (exact) mass is 733 g/mol. The zero-order valence-electron chi connectivity index (χ0n) is 31.4. The Morgan fingerprint density at radius 3 is 2.00 bits per heavy atom. The Kier molecular flexibility index (Phi) is 14.2. The number of aliphatic hydroxyl groups is 1. The maximum atomic E-state index is 12.8. The molecule has 3 rings (SSSR count). The number of rotatable bonds is 16. The van der Waals surface area contributed by atoms with E-state index in [1.165, 1.54) is 6.92 Å². The maximum Gasteiger partial charge on any atom is 0.303 e. The summed E-state index contributed by atoms with van der Waals surface area (Å²) < 4.78 is 40.0. The minimum absolute atomic E-state index is 0.0259. The lowest BCUT2D eigenvalue weighted by atomic mass is 9.91. The van der Waals surface area contributed by atoms with Gasteiger partial charge in [-0.1, -0.05) is 26.0 Å². The van der Waals surface area contributed by atoms with Crippen molar-refractivity contribution in [3.8, 4) is 11.6 Å². The number of ether oxygens (including phenoxy) is 7. The van der Waals surface area contributed by atoms with E-state index in [4.69, 9.17) is 33.2 Å². The molecule has 5 atom stereocenters. The number of H-pyrrole nitrogens is 1. The van der Waals surface area contributed by atoms with Crippen molar-refractivity contribution in [3.05, 3.63) is 41.1 Å². The lowest BCUT2D eigenvalue weighted by molar-refractivity contribution is -0.289. The summed E-state index contributed by atoms with van der Waals surface area (Å²) in [6.45, 7) is 15.0. The molecule has 0 unspecified atom stereocenters. The Bertz CT molecular complexity index is 1570. The van der Waals surface area contributed by atoms with Crippen LogP contribution in [0.3, 0.4) is 0 Å². The Hall–Kier alpha value is -4.70. The van der Waals surface area contributed by atoms with Gasteiger partial charge < -0.3 is 43.6 Å². The van der Waals surface area contributed by atoms with E-state index in [9.17, 15) is 29.1 Å². The van der Waals surface area contributed by atoms with Crippen LogP contribution >= 0.6 is 0 Å². The van der Waals surface area contributed by atoms with Gasteiger partial charge in [-0.2, -0.15) is 0 Å². The summed E-state index contributed by atoms with van der Waals surface area (Å²) in [6.07, 6.45) is -6.48. The number of nitrogens with zero attached hydrogens (tertiary/aromatic N) is 1. The highest BCUT2D eigenvalue weighted by Gasteiger charge is 2.53. The van der Waals surface area contributed by atoms with Crippen molar-refractivity contribution in [1.29, 1.82) is 0 Å². The molecule has 0 radical (unpaired) electrons. The van der Waals surface area contributed by atoms with Gasteiger partial charge in [0.2, 0.25) is 24.2 Å². The molecule has 0 bridgehead atoms. The average Bonchev–Trinajstić information content (AvgIpc) is 3.43. The van der Waals surface area contributed by atoms with Crippen molar-refractivity contribution < 1.29 is 62.2 Å². The van der Waals surface area contributed by atoms with E-state index in [0.717, 1.165) is 32.0 Å². The van der Waals surface area contributed by atoms with Gasteiger partial charge in [-0.15, -0.1) is 5.10 Å². The largest absolute Gasteiger partial charge is 0.492 e. The first-order valence-electron chi connectivity index (χ1n) is 16.9. The quantitative estimate of drug-likeness (QED) is 0.167. The number of aliphatic hydroxyl groups excluding tert-OH is 1. The lowest BCUT2D eigenvalue weighted by Gasteiger charge is -2.43. The normalized spacial score (nSPS) is 20.4. The summed E-state index contributed by atoms with van der Waals surface area (Å²) in [5, 5.41) is 19.7. The van der Waals surface area contributed by atoms with Gasteiger partial charge in [0.15, 0.2) is 12.2 Å². The third kappa shape index (κ3) is 11.7. The third-order valence-electron chi connectivity index (χ3n) is 7.98. The van der Waals surface area contributed by atoms with Gasteiger partial charge in [0, 0.05) is 45.4 Å². The minimum Gasteiger partial charge on any atom is -0.492 e. The second-order valence-corrected chi connectivity index (χ2v) is 14.3. The Morgan fingerprint density at radius 1 is 0.885 bits per heavy atom. The van der Waals surface area contributed by atoms with Gasteiger partial charge in [-0.3, -0.25) is 29.1 Å². The fourth-order valence-corrected chi connectivity index (χ4v) is 5.25. The van der Waals surface area contributed by atoms with Crippen LogP contribution < -0.4 is 14.8 Å². The van der Waals surface area contributed by atoms with Gasteiger partial charge in [0.1, 0.15) is 25.1 Å². The van der Waals surface area contributed by atoms with Crippen molar-refractivity contribution in [2.24, 2.45) is 5.41 Å². The van der Waals surface area contributed by atoms with Crippen molar-refractivity contribution in [2.75, 3.05) is 19.8 Å². The first-order chi connectivity index (χ1) is 24.2. The fraction of sp³-hybridized carbons (Fsp3) is 0.611. The first-order valence-corrected chi connectivity index (χ1v) is 16.9. The first kappa shape index (κ1) is 41.7. The number of carbonyl (C=O) groups is 5. The molecule has 1 fully saturated rings. The molecule has 52 heavy (non-hydrogen) atoms. The predicted octanol–water partition coefficient (Wildman–Crippen LogP) is 2.88. The minimum atomic E-state index is -1.46. The van der Waals surface area contributed by atoms with Crippen LogP contribution in [-0.2, 0) is 54.1 Å². The summed E-state index contributed by atoms with van der Waals surface area (Å²) in [6, 6.07) is 7.26. The summed E-state index contributed by atoms with van der Waals surface area (Å²) in [5.41, 5.74) is 0.603. The van der Waals surface area contributed by atoms with Gasteiger partial charge in [0.05, 0.1) is 17.6 Å². The number of hydrogen-bond acceptors (Lipinski definition) is 14. The molecular weight excluding hydrogens is 682 g/mol. The van der Waals surface area contributed by atoms with E-state index < -0.39 is 72.1 Å². The second-order valence-electron chi connectivity index (χ2n) is 14.3. The smallest absolute Gasteiger partial charge is 0.303 e. The highest BCUT2D eigenvalue weighted by atomic mass is 16.7. The van der Waals surface area contributed by atoms with E-state index in [2.05, 4.69) is 15.5 Å². The van der Waals surface area contributed by atoms with Crippen molar-refractivity contribution >= 4 is 29.8 Å². The molecule has 1 aliphatic rings. The van der Waals surface area contributed by atoms with Gasteiger partial charge in [-0.25, -0.2) is 0 Å². The summed E-state index contributed by atoms with van der Waals surface area (Å²) >= 11 is 0.